The van der Waals surface area contributed by atoms with E-state index in [1.807, 2.05) is 32.2 Å². The van der Waals surface area contributed by atoms with Gasteiger partial charge in [-0.3, -0.25) is 0 Å². The first kappa shape index (κ1) is 15.5. The van der Waals surface area contributed by atoms with Crippen LogP contribution < -0.4 is 5.32 Å². The van der Waals surface area contributed by atoms with Gasteiger partial charge in [0.1, 0.15) is 5.01 Å². The molecule has 0 aliphatic heterocycles. The number of anilines is 1. The molecule has 1 aromatic heterocycles. The number of nitrogens with zero attached hydrogens (tertiary/aromatic N) is 1. The summed E-state index contributed by atoms with van der Waals surface area (Å²) < 4.78 is 4.86. The van der Waals surface area contributed by atoms with Crippen molar-refractivity contribution in [2.24, 2.45) is 0 Å². The maximum Gasteiger partial charge on any atom is 0.338 e. The van der Waals surface area contributed by atoms with Gasteiger partial charge in [0.05, 0.1) is 19.2 Å². The van der Waals surface area contributed by atoms with E-state index in [2.05, 4.69) is 17.2 Å². The number of hydrogen-bond donors (Lipinski definition) is 1. The number of benzene rings is 1. The van der Waals surface area contributed by atoms with E-state index in [4.69, 9.17) is 4.74 Å². The summed E-state index contributed by atoms with van der Waals surface area (Å²) in [5.41, 5.74) is 3.41. The van der Waals surface area contributed by atoms with Gasteiger partial charge in [-0.1, -0.05) is 13.0 Å². The van der Waals surface area contributed by atoms with Gasteiger partial charge in [0.15, 0.2) is 0 Å². The predicted octanol–water partition coefficient (Wildman–Crippen LogP) is 3.72. The zero-order chi connectivity index (χ0) is 15.4. The predicted molar refractivity (Wildman–Crippen MR) is 86.1 cm³/mol. The van der Waals surface area contributed by atoms with E-state index < -0.39 is 0 Å². The summed E-state index contributed by atoms with van der Waals surface area (Å²) in [6.07, 6.45) is 2.93. The van der Waals surface area contributed by atoms with Gasteiger partial charge < -0.3 is 10.1 Å². The summed E-state index contributed by atoms with van der Waals surface area (Å²) in [5.74, 6) is -0.295. The molecular formula is C16H20N2O2S. The molecule has 0 atom stereocenters. The first-order valence-electron chi connectivity index (χ1n) is 6.92. The van der Waals surface area contributed by atoms with Gasteiger partial charge in [-0.15, -0.1) is 11.3 Å². The normalized spacial score (nSPS) is 10.5. The van der Waals surface area contributed by atoms with Gasteiger partial charge in [0, 0.05) is 16.8 Å². The second-order valence-electron chi connectivity index (χ2n) is 4.85. The number of carbonyl (C=O) groups is 1. The molecule has 4 nitrogen and oxygen atoms in total. The van der Waals surface area contributed by atoms with Crippen LogP contribution in [0.5, 0.6) is 0 Å². The Bertz CT molecular complexity index is 650. The fourth-order valence-corrected chi connectivity index (χ4v) is 3.02. The van der Waals surface area contributed by atoms with Crippen LogP contribution in [0.2, 0.25) is 0 Å². The maximum absolute atomic E-state index is 11.9. The fourth-order valence-electron chi connectivity index (χ4n) is 2.22. The number of hydrogen-bond acceptors (Lipinski definition) is 5. The van der Waals surface area contributed by atoms with Crippen LogP contribution in [0.1, 0.15) is 38.3 Å². The van der Waals surface area contributed by atoms with E-state index in [0.717, 1.165) is 28.2 Å². The molecule has 0 unspecified atom stereocenters. The van der Waals surface area contributed by atoms with Crippen molar-refractivity contribution in [2.75, 3.05) is 12.4 Å². The number of aryl methyl sites for hydroxylation is 2. The Morgan fingerprint density at radius 3 is 2.76 bits per heavy atom. The van der Waals surface area contributed by atoms with E-state index in [1.165, 1.54) is 12.0 Å². The Balaban J connectivity index is 2.18. The van der Waals surface area contributed by atoms with Crippen molar-refractivity contribution in [3.8, 4) is 0 Å². The highest BCUT2D eigenvalue weighted by atomic mass is 32.1. The van der Waals surface area contributed by atoms with Crippen LogP contribution in [0, 0.1) is 13.8 Å². The van der Waals surface area contributed by atoms with Gasteiger partial charge in [0.2, 0.25) is 0 Å². The number of nitrogens with one attached hydrogen (secondary N) is 1. The fraction of sp³-hybridized carbons (Fsp3) is 0.375. The van der Waals surface area contributed by atoms with Crippen LogP contribution in [-0.2, 0) is 17.7 Å². The van der Waals surface area contributed by atoms with Gasteiger partial charge in [0.25, 0.3) is 0 Å². The Hall–Kier alpha value is -1.88. The van der Waals surface area contributed by atoms with Crippen LogP contribution in [0.15, 0.2) is 18.3 Å². The highest BCUT2D eigenvalue weighted by Gasteiger charge is 2.15. The second-order valence-corrected chi connectivity index (χ2v) is 6.05. The molecule has 0 bridgehead atoms. The Morgan fingerprint density at radius 2 is 2.14 bits per heavy atom. The van der Waals surface area contributed by atoms with Crippen LogP contribution in [0.3, 0.4) is 0 Å². The zero-order valence-electron chi connectivity index (χ0n) is 12.8. The minimum atomic E-state index is -0.295. The van der Waals surface area contributed by atoms with Crippen molar-refractivity contribution >= 4 is 23.0 Å². The van der Waals surface area contributed by atoms with E-state index in [-0.39, 0.29) is 5.97 Å². The SMILES string of the molecule is CCc1cnc(CNc2ccc(C)c(C(=O)OC)c2C)s1. The first-order chi connectivity index (χ1) is 10.1. The van der Waals surface area contributed by atoms with Crippen molar-refractivity contribution in [2.45, 2.75) is 33.7 Å². The number of ether oxygens (including phenoxy) is 1. The molecule has 2 aromatic rings. The number of aromatic nitrogens is 1. The summed E-state index contributed by atoms with van der Waals surface area (Å²) >= 11 is 1.71. The minimum Gasteiger partial charge on any atom is -0.465 e. The lowest BCUT2D eigenvalue weighted by Crippen LogP contribution is -2.09. The largest absolute Gasteiger partial charge is 0.465 e. The third-order valence-electron chi connectivity index (χ3n) is 3.44. The summed E-state index contributed by atoms with van der Waals surface area (Å²) in [6.45, 7) is 6.63. The molecule has 1 N–H and O–H groups in total. The first-order valence-corrected chi connectivity index (χ1v) is 7.74. The molecule has 0 spiro atoms. The molecule has 2 rings (SSSR count). The maximum atomic E-state index is 11.9. The standard InChI is InChI=1S/C16H20N2O2S/c1-5-12-8-18-14(21-12)9-17-13-7-6-10(2)15(11(13)3)16(19)20-4/h6-8,17H,5,9H2,1-4H3. The number of esters is 1. The molecular weight excluding hydrogens is 284 g/mol. The third kappa shape index (κ3) is 3.42. The molecule has 0 aliphatic rings. The van der Waals surface area contributed by atoms with Crippen molar-refractivity contribution in [1.29, 1.82) is 0 Å². The lowest BCUT2D eigenvalue weighted by atomic mass is 10.0. The van der Waals surface area contributed by atoms with E-state index in [9.17, 15) is 4.79 Å². The van der Waals surface area contributed by atoms with Crippen LogP contribution in [0.25, 0.3) is 0 Å². The van der Waals surface area contributed by atoms with Gasteiger partial charge in [-0.05, 0) is 37.5 Å². The molecule has 0 aliphatic carbocycles. The average Bonchev–Trinajstić information content (AvgIpc) is 2.94. The minimum absolute atomic E-state index is 0.295. The molecule has 0 saturated heterocycles. The smallest absolute Gasteiger partial charge is 0.338 e. The Morgan fingerprint density at radius 1 is 1.38 bits per heavy atom. The summed E-state index contributed by atoms with van der Waals surface area (Å²) in [7, 11) is 1.41. The zero-order valence-corrected chi connectivity index (χ0v) is 13.6. The number of rotatable bonds is 5. The van der Waals surface area contributed by atoms with Gasteiger partial charge >= 0.3 is 5.97 Å². The molecule has 0 fully saturated rings. The lowest BCUT2D eigenvalue weighted by molar-refractivity contribution is 0.0599. The second kappa shape index (κ2) is 6.72. The summed E-state index contributed by atoms with van der Waals surface area (Å²) in [4.78, 5) is 17.5. The molecule has 1 heterocycles. The number of methoxy groups -OCH3 is 1. The van der Waals surface area contributed by atoms with Gasteiger partial charge in [-0.2, -0.15) is 0 Å². The lowest BCUT2D eigenvalue weighted by Gasteiger charge is -2.13. The molecule has 0 saturated carbocycles. The third-order valence-corrected chi connectivity index (χ3v) is 4.58. The average molecular weight is 304 g/mol. The molecule has 1 aromatic carbocycles. The molecule has 5 heteroatoms. The number of carbonyl (C=O) groups excluding carboxylic acids is 1. The van der Waals surface area contributed by atoms with Crippen molar-refractivity contribution in [3.63, 3.8) is 0 Å². The molecule has 21 heavy (non-hydrogen) atoms. The quantitative estimate of drug-likeness (QED) is 0.855. The molecule has 112 valence electrons. The van der Waals surface area contributed by atoms with Crippen molar-refractivity contribution < 1.29 is 9.53 Å². The summed E-state index contributed by atoms with van der Waals surface area (Å²) in [5, 5.41) is 4.40. The van der Waals surface area contributed by atoms with Crippen molar-refractivity contribution in [3.05, 3.63) is 44.9 Å². The topological polar surface area (TPSA) is 51.2 Å². The van der Waals surface area contributed by atoms with Crippen LogP contribution in [0.4, 0.5) is 5.69 Å². The van der Waals surface area contributed by atoms with E-state index in [0.29, 0.717) is 12.1 Å². The van der Waals surface area contributed by atoms with E-state index >= 15 is 0 Å². The Labute approximate surface area is 129 Å². The Kier molecular flexibility index (Phi) is 4.96. The highest BCUT2D eigenvalue weighted by molar-refractivity contribution is 7.11. The van der Waals surface area contributed by atoms with E-state index in [1.54, 1.807) is 11.3 Å². The molecule has 0 radical (unpaired) electrons. The highest BCUT2D eigenvalue weighted by Crippen LogP contribution is 2.24. The van der Waals surface area contributed by atoms with Crippen LogP contribution in [-0.4, -0.2) is 18.1 Å². The van der Waals surface area contributed by atoms with Crippen LogP contribution >= 0.6 is 11.3 Å². The van der Waals surface area contributed by atoms with Crippen molar-refractivity contribution in [1.82, 2.24) is 4.98 Å². The van der Waals surface area contributed by atoms with Gasteiger partial charge in [-0.25, -0.2) is 9.78 Å². The monoisotopic (exact) mass is 304 g/mol. The summed E-state index contributed by atoms with van der Waals surface area (Å²) in [6, 6.07) is 3.92. The number of thiazole rings is 1. The molecule has 0 amide bonds.